The molecule has 17 heavy (non-hydrogen) atoms. The summed E-state index contributed by atoms with van der Waals surface area (Å²) in [5.41, 5.74) is 0.678. The predicted molar refractivity (Wildman–Crippen MR) is 66.5 cm³/mol. The van der Waals surface area contributed by atoms with Gasteiger partial charge in [0.1, 0.15) is 0 Å². The third-order valence-corrected chi connectivity index (χ3v) is 3.90. The van der Waals surface area contributed by atoms with Crippen LogP contribution in [0.3, 0.4) is 0 Å². The van der Waals surface area contributed by atoms with Gasteiger partial charge in [-0.25, -0.2) is 4.98 Å². The first-order valence-corrected chi connectivity index (χ1v) is 6.42. The highest BCUT2D eigenvalue weighted by molar-refractivity contribution is 7.17. The van der Waals surface area contributed by atoms with Crippen LogP contribution in [-0.2, 0) is 4.79 Å². The minimum Gasteiger partial charge on any atom is -0.306 e. The minimum atomic E-state index is -0.125. The second kappa shape index (κ2) is 4.93. The number of aryl methyl sites for hydroxylation is 1. The van der Waals surface area contributed by atoms with E-state index < -0.39 is 0 Å². The Morgan fingerprint density at radius 3 is 2.82 bits per heavy atom. The summed E-state index contributed by atoms with van der Waals surface area (Å²) in [6.07, 6.45) is 1.88. The lowest BCUT2D eigenvalue weighted by Gasteiger charge is -2.08. The Morgan fingerprint density at radius 2 is 2.29 bits per heavy atom. The lowest BCUT2D eigenvalue weighted by molar-refractivity contribution is -0.117. The molecule has 6 heteroatoms. The van der Waals surface area contributed by atoms with Crippen LogP contribution < -0.4 is 10.6 Å². The molecule has 0 spiro atoms. The van der Waals surface area contributed by atoms with E-state index in [1.807, 2.05) is 0 Å². The van der Waals surface area contributed by atoms with Crippen molar-refractivity contribution >= 4 is 28.2 Å². The molecule has 2 N–H and O–H groups in total. The molecule has 1 unspecified atom stereocenters. The molecule has 0 saturated carbocycles. The number of aromatic nitrogens is 1. The Labute approximate surface area is 104 Å². The van der Waals surface area contributed by atoms with Gasteiger partial charge in [-0.1, -0.05) is 11.3 Å². The van der Waals surface area contributed by atoms with Crippen LogP contribution in [0.5, 0.6) is 0 Å². The Kier molecular flexibility index (Phi) is 3.54. The topological polar surface area (TPSA) is 71.1 Å². The lowest BCUT2D eigenvalue weighted by Crippen LogP contribution is -2.35. The molecule has 0 radical (unpaired) electrons. The van der Waals surface area contributed by atoms with Crippen LogP contribution in [0, 0.1) is 6.92 Å². The second-order valence-electron chi connectivity index (χ2n) is 4.13. The van der Waals surface area contributed by atoms with Crippen molar-refractivity contribution in [2.75, 3.05) is 11.9 Å². The number of carbonyl (C=O) groups is 2. The molecule has 1 fully saturated rings. The first-order chi connectivity index (χ1) is 8.08. The summed E-state index contributed by atoms with van der Waals surface area (Å²) in [6, 6.07) is -0.125. The number of Topliss-reactive ketones (excluding diaryl/α,β-unsaturated/α-hetero) is 1. The maximum Gasteiger partial charge on any atom is 0.243 e. The number of nitrogens with one attached hydrogen (secondary N) is 2. The monoisotopic (exact) mass is 253 g/mol. The maximum absolute atomic E-state index is 11.8. The summed E-state index contributed by atoms with van der Waals surface area (Å²) in [7, 11) is 0. The Bertz CT molecular complexity index is 450. The van der Waals surface area contributed by atoms with E-state index >= 15 is 0 Å². The highest BCUT2D eigenvalue weighted by atomic mass is 32.1. The van der Waals surface area contributed by atoms with Gasteiger partial charge in [-0.3, -0.25) is 9.59 Å². The van der Waals surface area contributed by atoms with Crippen molar-refractivity contribution < 1.29 is 9.59 Å². The van der Waals surface area contributed by atoms with Gasteiger partial charge in [-0.2, -0.15) is 0 Å². The van der Waals surface area contributed by atoms with Crippen molar-refractivity contribution in [3.05, 3.63) is 10.6 Å². The number of carbonyl (C=O) groups excluding carboxylic acids is 2. The third kappa shape index (κ3) is 2.70. The molecular formula is C11H15N3O2S. The zero-order chi connectivity index (χ0) is 12.4. The van der Waals surface area contributed by atoms with Crippen LogP contribution in [-0.4, -0.2) is 29.3 Å². The zero-order valence-corrected chi connectivity index (χ0v) is 10.7. The summed E-state index contributed by atoms with van der Waals surface area (Å²) >= 11 is 1.23. The van der Waals surface area contributed by atoms with E-state index in [4.69, 9.17) is 0 Å². The molecule has 1 saturated heterocycles. The normalized spacial score (nSPS) is 19.3. The second-order valence-corrected chi connectivity index (χ2v) is 5.13. The molecule has 1 amide bonds. The maximum atomic E-state index is 11.8. The van der Waals surface area contributed by atoms with Gasteiger partial charge in [0.25, 0.3) is 0 Å². The number of hydrogen-bond acceptors (Lipinski definition) is 5. The number of thiazole rings is 1. The van der Waals surface area contributed by atoms with Crippen LogP contribution in [0.1, 0.15) is 35.1 Å². The molecule has 0 bridgehead atoms. The van der Waals surface area contributed by atoms with E-state index in [2.05, 4.69) is 15.6 Å². The number of ketones is 1. The summed E-state index contributed by atoms with van der Waals surface area (Å²) in [4.78, 5) is 27.9. The van der Waals surface area contributed by atoms with E-state index in [0.717, 1.165) is 19.4 Å². The van der Waals surface area contributed by atoms with Gasteiger partial charge in [0, 0.05) is 6.92 Å². The van der Waals surface area contributed by atoms with Gasteiger partial charge >= 0.3 is 0 Å². The highest BCUT2D eigenvalue weighted by Crippen LogP contribution is 2.23. The molecule has 0 aliphatic carbocycles. The van der Waals surface area contributed by atoms with E-state index in [1.165, 1.54) is 18.3 Å². The largest absolute Gasteiger partial charge is 0.306 e. The smallest absolute Gasteiger partial charge is 0.243 e. The van der Waals surface area contributed by atoms with Crippen LogP contribution in [0.25, 0.3) is 0 Å². The molecule has 1 aromatic heterocycles. The van der Waals surface area contributed by atoms with Gasteiger partial charge in [0.05, 0.1) is 16.6 Å². The van der Waals surface area contributed by atoms with E-state index in [1.54, 1.807) is 6.92 Å². The average molecular weight is 253 g/mol. The SMILES string of the molecule is CC(=O)c1sc(NC(=O)C2CCCN2)nc1C. The third-order valence-electron chi connectivity index (χ3n) is 2.72. The van der Waals surface area contributed by atoms with Crippen LogP contribution in [0.4, 0.5) is 5.13 Å². The highest BCUT2D eigenvalue weighted by Gasteiger charge is 2.23. The molecule has 0 aromatic carbocycles. The number of hydrogen-bond donors (Lipinski definition) is 2. The summed E-state index contributed by atoms with van der Waals surface area (Å²) in [5, 5.41) is 6.38. The van der Waals surface area contributed by atoms with Gasteiger partial charge < -0.3 is 10.6 Å². The quantitative estimate of drug-likeness (QED) is 0.798. The number of amides is 1. The van der Waals surface area contributed by atoms with Gasteiger partial charge in [0.2, 0.25) is 5.91 Å². The van der Waals surface area contributed by atoms with Gasteiger partial charge in [-0.15, -0.1) is 0 Å². The van der Waals surface area contributed by atoms with Crippen molar-refractivity contribution in [1.29, 1.82) is 0 Å². The van der Waals surface area contributed by atoms with Crippen molar-refractivity contribution in [3.8, 4) is 0 Å². The lowest BCUT2D eigenvalue weighted by atomic mass is 10.2. The van der Waals surface area contributed by atoms with E-state index in [-0.39, 0.29) is 17.7 Å². The standard InChI is InChI=1S/C11H15N3O2S/c1-6-9(7(2)15)17-11(13-6)14-10(16)8-4-3-5-12-8/h8,12H,3-5H2,1-2H3,(H,13,14,16). The van der Waals surface area contributed by atoms with Crippen molar-refractivity contribution in [3.63, 3.8) is 0 Å². The first kappa shape index (κ1) is 12.2. The zero-order valence-electron chi connectivity index (χ0n) is 9.87. The van der Waals surface area contributed by atoms with Crippen LogP contribution in [0.15, 0.2) is 0 Å². The van der Waals surface area contributed by atoms with E-state index in [0.29, 0.717) is 15.7 Å². The first-order valence-electron chi connectivity index (χ1n) is 5.60. The van der Waals surface area contributed by atoms with Crippen molar-refractivity contribution in [2.24, 2.45) is 0 Å². The molecule has 1 aromatic rings. The number of anilines is 1. The molecule has 2 rings (SSSR count). The molecule has 1 atom stereocenters. The fourth-order valence-corrected chi connectivity index (χ4v) is 2.74. The number of rotatable bonds is 3. The Hall–Kier alpha value is -1.27. The minimum absolute atomic E-state index is 0.0144. The Morgan fingerprint density at radius 1 is 1.53 bits per heavy atom. The number of nitrogens with zero attached hydrogens (tertiary/aromatic N) is 1. The molecule has 2 heterocycles. The van der Waals surface area contributed by atoms with Crippen LogP contribution in [0.2, 0.25) is 0 Å². The van der Waals surface area contributed by atoms with E-state index in [9.17, 15) is 9.59 Å². The van der Waals surface area contributed by atoms with Crippen LogP contribution >= 0.6 is 11.3 Å². The fourth-order valence-electron chi connectivity index (χ4n) is 1.88. The summed E-state index contributed by atoms with van der Waals surface area (Å²) in [6.45, 7) is 4.16. The van der Waals surface area contributed by atoms with Gasteiger partial charge in [-0.05, 0) is 26.3 Å². The molecule has 1 aliphatic heterocycles. The molecule has 92 valence electrons. The average Bonchev–Trinajstić information content (AvgIpc) is 2.86. The van der Waals surface area contributed by atoms with Crippen molar-refractivity contribution in [2.45, 2.75) is 32.7 Å². The molecule has 1 aliphatic rings. The predicted octanol–water partition coefficient (Wildman–Crippen LogP) is 1.34. The fraction of sp³-hybridized carbons (Fsp3) is 0.545. The Balaban J connectivity index is 2.05. The van der Waals surface area contributed by atoms with Crippen molar-refractivity contribution in [1.82, 2.24) is 10.3 Å². The molecule has 5 nitrogen and oxygen atoms in total. The molecular weight excluding hydrogens is 238 g/mol. The summed E-state index contributed by atoms with van der Waals surface area (Å²) < 4.78 is 0. The van der Waals surface area contributed by atoms with Gasteiger partial charge in [0.15, 0.2) is 10.9 Å². The summed E-state index contributed by atoms with van der Waals surface area (Å²) in [5.74, 6) is -0.0779.